The van der Waals surface area contributed by atoms with Crippen LogP contribution in [0.3, 0.4) is 0 Å². The van der Waals surface area contributed by atoms with Gasteiger partial charge in [0, 0.05) is 11.8 Å². The molecule has 5 heteroatoms. The average molecular weight is 348 g/mol. The third-order valence-electron chi connectivity index (χ3n) is 3.84. The van der Waals surface area contributed by atoms with Crippen LogP contribution in [-0.4, -0.2) is 18.0 Å². The number of amides is 1. The van der Waals surface area contributed by atoms with Crippen molar-refractivity contribution in [2.75, 3.05) is 5.32 Å². The Balaban J connectivity index is 1.94. The Morgan fingerprint density at radius 2 is 1.73 bits per heavy atom. The van der Waals surface area contributed by atoms with Gasteiger partial charge in [-0.05, 0) is 55.7 Å². The number of para-hydroxylation sites is 1. The molecule has 1 N–H and O–H groups in total. The fraction of sp³-hybridized carbons (Fsp3) is 0.190. The highest BCUT2D eigenvalue weighted by atomic mass is 16.5. The molecule has 0 saturated carbocycles. The first-order valence-corrected chi connectivity index (χ1v) is 8.16. The number of anilines is 1. The molecular formula is C21H20N2O3. The van der Waals surface area contributed by atoms with Gasteiger partial charge in [0.1, 0.15) is 0 Å². The average Bonchev–Trinajstić information content (AvgIpc) is 2.63. The minimum absolute atomic E-state index is 0.387. The van der Waals surface area contributed by atoms with Gasteiger partial charge in [-0.1, -0.05) is 30.3 Å². The normalized spacial score (nSPS) is 11.6. The maximum absolute atomic E-state index is 12.3. The Morgan fingerprint density at radius 3 is 2.31 bits per heavy atom. The standard InChI is InChI=1S/C21H20N2O3/c1-14-5-4-6-15(2)20(14)23-21(25)16(3)26-19(24)12-11-17-7-9-18(13-22)10-8-17/h4-12,16H,1-3H3,(H,23,25)/b12-11+/t16-/m0/s1. The van der Waals surface area contributed by atoms with Crippen LogP contribution in [0.15, 0.2) is 48.5 Å². The summed E-state index contributed by atoms with van der Waals surface area (Å²) in [5, 5.41) is 11.6. The number of hydrogen-bond donors (Lipinski definition) is 1. The SMILES string of the molecule is Cc1cccc(C)c1NC(=O)[C@H](C)OC(=O)/C=C/c1ccc(C#N)cc1. The van der Waals surface area contributed by atoms with Crippen LogP contribution in [0, 0.1) is 25.2 Å². The third-order valence-corrected chi connectivity index (χ3v) is 3.84. The second kappa shape index (κ2) is 8.63. The molecule has 0 aromatic heterocycles. The number of nitrogens with zero attached hydrogens (tertiary/aromatic N) is 1. The Hall–Kier alpha value is -3.39. The number of aryl methyl sites for hydroxylation is 2. The number of esters is 1. The van der Waals surface area contributed by atoms with E-state index in [9.17, 15) is 9.59 Å². The molecule has 0 aliphatic carbocycles. The van der Waals surface area contributed by atoms with Crippen molar-refractivity contribution in [1.82, 2.24) is 0 Å². The summed E-state index contributed by atoms with van der Waals surface area (Å²) in [7, 11) is 0. The van der Waals surface area contributed by atoms with E-state index in [1.165, 1.54) is 13.0 Å². The molecule has 0 aliphatic heterocycles. The summed E-state index contributed by atoms with van der Waals surface area (Å²) in [4.78, 5) is 24.2. The van der Waals surface area contributed by atoms with Gasteiger partial charge < -0.3 is 10.1 Å². The van der Waals surface area contributed by atoms with Crippen molar-refractivity contribution in [3.8, 4) is 6.07 Å². The molecule has 0 fully saturated rings. The zero-order chi connectivity index (χ0) is 19.1. The highest BCUT2D eigenvalue weighted by Gasteiger charge is 2.18. The highest BCUT2D eigenvalue weighted by molar-refractivity contribution is 5.97. The zero-order valence-corrected chi connectivity index (χ0v) is 14.9. The Kier molecular flexibility index (Phi) is 6.29. The molecule has 5 nitrogen and oxygen atoms in total. The van der Waals surface area contributed by atoms with Crippen molar-refractivity contribution in [3.63, 3.8) is 0 Å². The summed E-state index contributed by atoms with van der Waals surface area (Å²) in [6.07, 6.45) is 1.90. The highest BCUT2D eigenvalue weighted by Crippen LogP contribution is 2.19. The zero-order valence-electron chi connectivity index (χ0n) is 14.9. The number of nitriles is 1. The van der Waals surface area contributed by atoms with Crippen LogP contribution < -0.4 is 5.32 Å². The lowest BCUT2D eigenvalue weighted by Crippen LogP contribution is -2.30. The minimum atomic E-state index is -0.924. The van der Waals surface area contributed by atoms with Crippen molar-refractivity contribution in [1.29, 1.82) is 5.26 Å². The van der Waals surface area contributed by atoms with Crippen LogP contribution in [-0.2, 0) is 14.3 Å². The minimum Gasteiger partial charge on any atom is -0.449 e. The number of hydrogen-bond acceptors (Lipinski definition) is 4. The van der Waals surface area contributed by atoms with E-state index in [2.05, 4.69) is 5.32 Å². The predicted molar refractivity (Wildman–Crippen MR) is 100 cm³/mol. The predicted octanol–water partition coefficient (Wildman–Crippen LogP) is 3.76. The number of carbonyl (C=O) groups excluding carboxylic acids is 2. The molecule has 26 heavy (non-hydrogen) atoms. The molecule has 2 rings (SSSR count). The number of rotatable bonds is 5. The molecule has 1 amide bonds. The van der Waals surface area contributed by atoms with E-state index in [0.717, 1.165) is 22.4 Å². The third kappa shape index (κ3) is 5.05. The number of benzene rings is 2. The molecule has 0 unspecified atom stereocenters. The second-order valence-corrected chi connectivity index (χ2v) is 5.90. The molecule has 0 aliphatic rings. The Labute approximate surface area is 152 Å². The van der Waals surface area contributed by atoms with Crippen LogP contribution in [0.5, 0.6) is 0 Å². The maximum atomic E-state index is 12.3. The lowest BCUT2D eigenvalue weighted by Gasteiger charge is -2.15. The van der Waals surface area contributed by atoms with E-state index in [-0.39, 0.29) is 5.91 Å². The van der Waals surface area contributed by atoms with Crippen molar-refractivity contribution < 1.29 is 14.3 Å². The first-order valence-electron chi connectivity index (χ1n) is 8.16. The lowest BCUT2D eigenvalue weighted by atomic mass is 10.1. The van der Waals surface area contributed by atoms with Gasteiger partial charge in [-0.2, -0.15) is 5.26 Å². The Morgan fingerprint density at radius 1 is 1.12 bits per heavy atom. The first kappa shape index (κ1) is 18.9. The summed E-state index contributed by atoms with van der Waals surface area (Å²) in [6, 6.07) is 14.5. The molecule has 132 valence electrons. The fourth-order valence-electron chi connectivity index (χ4n) is 2.34. The van der Waals surface area contributed by atoms with E-state index < -0.39 is 12.1 Å². The maximum Gasteiger partial charge on any atom is 0.331 e. The van der Waals surface area contributed by atoms with E-state index in [0.29, 0.717) is 5.56 Å². The Bertz CT molecular complexity index is 857. The van der Waals surface area contributed by atoms with Crippen molar-refractivity contribution in [2.24, 2.45) is 0 Å². The monoisotopic (exact) mass is 348 g/mol. The number of nitrogens with one attached hydrogen (secondary N) is 1. The molecule has 2 aromatic rings. The molecule has 0 radical (unpaired) electrons. The molecule has 0 saturated heterocycles. The van der Waals surface area contributed by atoms with Gasteiger partial charge in [0.15, 0.2) is 6.10 Å². The van der Waals surface area contributed by atoms with Crippen LogP contribution in [0.4, 0.5) is 5.69 Å². The number of carbonyl (C=O) groups is 2. The summed E-state index contributed by atoms with van der Waals surface area (Å²) in [5.41, 5.74) is 3.92. The lowest BCUT2D eigenvalue weighted by molar-refractivity contribution is -0.148. The van der Waals surface area contributed by atoms with Gasteiger partial charge in [-0.15, -0.1) is 0 Å². The van der Waals surface area contributed by atoms with Gasteiger partial charge >= 0.3 is 5.97 Å². The molecule has 0 bridgehead atoms. The van der Waals surface area contributed by atoms with Gasteiger partial charge in [0.2, 0.25) is 0 Å². The second-order valence-electron chi connectivity index (χ2n) is 5.90. The first-order chi connectivity index (χ1) is 12.4. The molecule has 0 heterocycles. The molecule has 0 spiro atoms. The van der Waals surface area contributed by atoms with Crippen LogP contribution in [0.1, 0.15) is 29.2 Å². The van der Waals surface area contributed by atoms with E-state index in [1.54, 1.807) is 30.3 Å². The quantitative estimate of drug-likeness (QED) is 0.659. The van der Waals surface area contributed by atoms with E-state index in [1.807, 2.05) is 38.1 Å². The van der Waals surface area contributed by atoms with Crippen LogP contribution in [0.25, 0.3) is 6.08 Å². The summed E-state index contributed by atoms with van der Waals surface area (Å²) < 4.78 is 5.14. The van der Waals surface area contributed by atoms with Crippen molar-refractivity contribution in [2.45, 2.75) is 26.9 Å². The molecule has 2 aromatic carbocycles. The van der Waals surface area contributed by atoms with Crippen molar-refractivity contribution >= 4 is 23.6 Å². The smallest absolute Gasteiger partial charge is 0.331 e. The topological polar surface area (TPSA) is 79.2 Å². The van der Waals surface area contributed by atoms with Gasteiger partial charge in [0.25, 0.3) is 5.91 Å². The summed E-state index contributed by atoms with van der Waals surface area (Å²) >= 11 is 0. The molecule has 1 atom stereocenters. The fourth-order valence-corrected chi connectivity index (χ4v) is 2.34. The number of ether oxygens (including phenoxy) is 1. The van der Waals surface area contributed by atoms with Gasteiger partial charge in [-0.25, -0.2) is 4.79 Å². The van der Waals surface area contributed by atoms with Crippen LogP contribution in [0.2, 0.25) is 0 Å². The van der Waals surface area contributed by atoms with E-state index in [4.69, 9.17) is 10.00 Å². The van der Waals surface area contributed by atoms with Crippen molar-refractivity contribution in [3.05, 3.63) is 70.8 Å². The van der Waals surface area contributed by atoms with Crippen LogP contribution >= 0.6 is 0 Å². The van der Waals surface area contributed by atoms with Gasteiger partial charge in [-0.3, -0.25) is 4.79 Å². The molecular weight excluding hydrogens is 328 g/mol. The summed E-state index contributed by atoms with van der Waals surface area (Å²) in [5.74, 6) is -0.999. The largest absolute Gasteiger partial charge is 0.449 e. The van der Waals surface area contributed by atoms with Gasteiger partial charge in [0.05, 0.1) is 11.6 Å². The summed E-state index contributed by atoms with van der Waals surface area (Å²) in [6.45, 7) is 5.33. The van der Waals surface area contributed by atoms with E-state index >= 15 is 0 Å².